The number of hydrogen-bond acceptors (Lipinski definition) is 2. The molecule has 1 aromatic rings. The maximum absolute atomic E-state index is 3.61. The van der Waals surface area contributed by atoms with Gasteiger partial charge in [-0.1, -0.05) is 32.8 Å². The minimum Gasteiger partial charge on any atom is -0.314 e. The zero-order chi connectivity index (χ0) is 11.4. The fourth-order valence-corrected chi connectivity index (χ4v) is 3.67. The molecule has 1 aromatic heterocycles. The standard InChI is InChI=1S/C14H23NS/c1-11(2)15-10-12-6-3-4-7-13(12)14-8-5-9-16-14/h5,8-9,11-13,15H,3-4,6-7,10H2,1-2H3. The second-order valence-electron chi connectivity index (χ2n) is 5.23. The maximum atomic E-state index is 3.61. The lowest BCUT2D eigenvalue weighted by Crippen LogP contribution is -2.33. The first-order chi connectivity index (χ1) is 7.77. The lowest BCUT2D eigenvalue weighted by molar-refractivity contribution is 0.292. The Hall–Kier alpha value is -0.340. The molecule has 1 fully saturated rings. The zero-order valence-corrected chi connectivity index (χ0v) is 11.2. The van der Waals surface area contributed by atoms with Crippen LogP contribution < -0.4 is 5.32 Å². The van der Waals surface area contributed by atoms with Crippen LogP contribution in [0.3, 0.4) is 0 Å². The van der Waals surface area contributed by atoms with Gasteiger partial charge in [0.25, 0.3) is 0 Å². The first kappa shape index (κ1) is 12.1. The van der Waals surface area contributed by atoms with Gasteiger partial charge in [0.1, 0.15) is 0 Å². The Morgan fingerprint density at radius 2 is 2.19 bits per heavy atom. The molecule has 1 N–H and O–H groups in total. The highest BCUT2D eigenvalue weighted by atomic mass is 32.1. The molecule has 1 aliphatic rings. The summed E-state index contributed by atoms with van der Waals surface area (Å²) in [5.74, 6) is 1.68. The molecule has 1 aliphatic carbocycles. The fourth-order valence-electron chi connectivity index (χ4n) is 2.72. The van der Waals surface area contributed by atoms with Gasteiger partial charge < -0.3 is 5.32 Å². The van der Waals surface area contributed by atoms with Crippen molar-refractivity contribution in [2.24, 2.45) is 5.92 Å². The van der Waals surface area contributed by atoms with Gasteiger partial charge in [-0.25, -0.2) is 0 Å². The van der Waals surface area contributed by atoms with E-state index in [4.69, 9.17) is 0 Å². The van der Waals surface area contributed by atoms with Crippen LogP contribution in [-0.2, 0) is 0 Å². The minimum absolute atomic E-state index is 0.617. The van der Waals surface area contributed by atoms with Gasteiger partial charge >= 0.3 is 0 Å². The van der Waals surface area contributed by atoms with Crippen molar-refractivity contribution in [1.82, 2.24) is 5.32 Å². The third kappa shape index (κ3) is 3.08. The molecule has 0 aromatic carbocycles. The van der Waals surface area contributed by atoms with Crippen molar-refractivity contribution in [2.45, 2.75) is 51.5 Å². The van der Waals surface area contributed by atoms with Gasteiger partial charge in [-0.05, 0) is 42.7 Å². The second-order valence-corrected chi connectivity index (χ2v) is 6.21. The van der Waals surface area contributed by atoms with E-state index in [0.717, 1.165) is 11.8 Å². The molecule has 0 spiro atoms. The van der Waals surface area contributed by atoms with Gasteiger partial charge in [0.2, 0.25) is 0 Å². The molecular weight excluding hydrogens is 214 g/mol. The molecule has 2 heteroatoms. The largest absolute Gasteiger partial charge is 0.314 e. The van der Waals surface area contributed by atoms with Crippen LogP contribution >= 0.6 is 11.3 Å². The third-order valence-corrected chi connectivity index (χ3v) is 4.61. The summed E-state index contributed by atoms with van der Waals surface area (Å²) < 4.78 is 0. The van der Waals surface area contributed by atoms with E-state index in [1.165, 1.54) is 32.2 Å². The third-order valence-electron chi connectivity index (χ3n) is 3.61. The molecule has 2 atom stereocenters. The van der Waals surface area contributed by atoms with E-state index in [9.17, 15) is 0 Å². The zero-order valence-electron chi connectivity index (χ0n) is 10.4. The molecule has 0 aliphatic heterocycles. The molecule has 1 saturated carbocycles. The summed E-state index contributed by atoms with van der Waals surface area (Å²) in [6.45, 7) is 5.67. The molecule has 90 valence electrons. The van der Waals surface area contributed by atoms with Gasteiger partial charge in [-0.15, -0.1) is 11.3 Å². The summed E-state index contributed by atoms with van der Waals surface area (Å²) in [5.41, 5.74) is 0. The molecule has 2 rings (SSSR count). The Kier molecular flexibility index (Phi) is 4.42. The average molecular weight is 237 g/mol. The highest BCUT2D eigenvalue weighted by Crippen LogP contribution is 2.39. The number of rotatable bonds is 4. The highest BCUT2D eigenvalue weighted by Gasteiger charge is 2.26. The highest BCUT2D eigenvalue weighted by molar-refractivity contribution is 7.10. The van der Waals surface area contributed by atoms with Crippen LogP contribution in [-0.4, -0.2) is 12.6 Å². The molecular formula is C14H23NS. The molecule has 0 radical (unpaired) electrons. The van der Waals surface area contributed by atoms with Crippen molar-refractivity contribution < 1.29 is 0 Å². The number of hydrogen-bond donors (Lipinski definition) is 1. The molecule has 1 nitrogen and oxygen atoms in total. The molecule has 0 saturated heterocycles. The lowest BCUT2D eigenvalue weighted by Gasteiger charge is -2.31. The van der Waals surface area contributed by atoms with Crippen LogP contribution in [0.15, 0.2) is 17.5 Å². The number of thiophene rings is 1. The van der Waals surface area contributed by atoms with E-state index < -0.39 is 0 Å². The summed E-state index contributed by atoms with van der Waals surface area (Å²) in [6, 6.07) is 5.14. The summed E-state index contributed by atoms with van der Waals surface area (Å²) >= 11 is 1.94. The Balaban J connectivity index is 1.97. The van der Waals surface area contributed by atoms with Crippen LogP contribution in [0, 0.1) is 5.92 Å². The van der Waals surface area contributed by atoms with E-state index in [0.29, 0.717) is 6.04 Å². The normalized spacial score (nSPS) is 26.2. The van der Waals surface area contributed by atoms with Gasteiger partial charge in [-0.3, -0.25) is 0 Å². The Morgan fingerprint density at radius 1 is 1.38 bits per heavy atom. The van der Waals surface area contributed by atoms with E-state index in [1.807, 2.05) is 11.3 Å². The second kappa shape index (κ2) is 5.83. The van der Waals surface area contributed by atoms with Gasteiger partial charge in [0.05, 0.1) is 0 Å². The molecule has 1 heterocycles. The van der Waals surface area contributed by atoms with Crippen LogP contribution in [0.5, 0.6) is 0 Å². The summed E-state index contributed by atoms with van der Waals surface area (Å²) in [5, 5.41) is 5.83. The van der Waals surface area contributed by atoms with Crippen molar-refractivity contribution in [1.29, 1.82) is 0 Å². The maximum Gasteiger partial charge on any atom is 0.00794 e. The van der Waals surface area contributed by atoms with Crippen LogP contribution in [0.2, 0.25) is 0 Å². The van der Waals surface area contributed by atoms with Crippen LogP contribution in [0.4, 0.5) is 0 Å². The van der Waals surface area contributed by atoms with Crippen LogP contribution in [0.1, 0.15) is 50.3 Å². The Bertz CT molecular complexity index is 292. The van der Waals surface area contributed by atoms with E-state index in [-0.39, 0.29) is 0 Å². The monoisotopic (exact) mass is 237 g/mol. The summed E-state index contributed by atoms with van der Waals surface area (Å²) in [6.07, 6.45) is 5.64. The Labute approximate surface area is 103 Å². The topological polar surface area (TPSA) is 12.0 Å². The summed E-state index contributed by atoms with van der Waals surface area (Å²) in [4.78, 5) is 1.61. The minimum atomic E-state index is 0.617. The first-order valence-corrected chi connectivity index (χ1v) is 7.42. The number of nitrogens with one attached hydrogen (secondary N) is 1. The van der Waals surface area contributed by atoms with Gasteiger partial charge in [0, 0.05) is 10.9 Å². The SMILES string of the molecule is CC(C)NCC1CCCCC1c1cccs1. The van der Waals surface area contributed by atoms with E-state index in [1.54, 1.807) is 4.88 Å². The molecule has 16 heavy (non-hydrogen) atoms. The van der Waals surface area contributed by atoms with Crippen molar-refractivity contribution in [3.8, 4) is 0 Å². The Morgan fingerprint density at radius 3 is 2.88 bits per heavy atom. The van der Waals surface area contributed by atoms with E-state index >= 15 is 0 Å². The quantitative estimate of drug-likeness (QED) is 0.834. The summed E-state index contributed by atoms with van der Waals surface area (Å²) in [7, 11) is 0. The van der Waals surface area contributed by atoms with Crippen molar-refractivity contribution in [2.75, 3.05) is 6.54 Å². The van der Waals surface area contributed by atoms with E-state index in [2.05, 4.69) is 36.7 Å². The van der Waals surface area contributed by atoms with Crippen molar-refractivity contribution >= 4 is 11.3 Å². The van der Waals surface area contributed by atoms with Crippen LogP contribution in [0.25, 0.3) is 0 Å². The average Bonchev–Trinajstić information content (AvgIpc) is 2.80. The molecule has 2 unspecified atom stereocenters. The van der Waals surface area contributed by atoms with Gasteiger partial charge in [-0.2, -0.15) is 0 Å². The lowest BCUT2D eigenvalue weighted by atomic mass is 9.78. The smallest absolute Gasteiger partial charge is 0.00794 e. The fraction of sp³-hybridized carbons (Fsp3) is 0.714. The van der Waals surface area contributed by atoms with Gasteiger partial charge in [0.15, 0.2) is 0 Å². The predicted molar refractivity (Wildman–Crippen MR) is 72.2 cm³/mol. The predicted octanol–water partition coefficient (Wildman–Crippen LogP) is 4.02. The first-order valence-electron chi connectivity index (χ1n) is 6.54. The van der Waals surface area contributed by atoms with Crippen molar-refractivity contribution in [3.63, 3.8) is 0 Å². The van der Waals surface area contributed by atoms with Crippen molar-refractivity contribution in [3.05, 3.63) is 22.4 Å². The molecule has 0 bridgehead atoms. The molecule has 0 amide bonds.